The number of aliphatic hydroxyl groups excluding tert-OH is 2. The van der Waals surface area contributed by atoms with E-state index >= 15 is 0 Å². The molecule has 1 aliphatic carbocycles. The molecule has 38 heavy (non-hydrogen) atoms. The van der Waals surface area contributed by atoms with Crippen LogP contribution < -0.4 is 34.7 Å². The van der Waals surface area contributed by atoms with Crippen LogP contribution in [-0.4, -0.2) is 38.2 Å². The molecule has 0 bridgehead atoms. The Morgan fingerprint density at radius 3 is 2.47 bits per heavy atom. The van der Waals surface area contributed by atoms with Crippen LogP contribution in [0.5, 0.6) is 0 Å². The summed E-state index contributed by atoms with van der Waals surface area (Å²) in [5, 5.41) is 36.0. The molecule has 6 nitrogen and oxygen atoms in total. The predicted molar refractivity (Wildman–Crippen MR) is 139 cm³/mol. The van der Waals surface area contributed by atoms with Gasteiger partial charge in [-0.15, -0.1) is 0 Å². The van der Waals surface area contributed by atoms with E-state index in [0.29, 0.717) is 11.6 Å². The van der Waals surface area contributed by atoms with E-state index in [4.69, 9.17) is 5.10 Å². The molecule has 0 fully saturated rings. The Morgan fingerprint density at radius 1 is 1.16 bits per heavy atom. The van der Waals surface area contributed by atoms with Gasteiger partial charge in [0.25, 0.3) is 0 Å². The number of benzene rings is 2. The summed E-state index contributed by atoms with van der Waals surface area (Å²) in [5.74, 6) is -0.986. The minimum atomic E-state index is -1.36. The van der Waals surface area contributed by atoms with E-state index in [0.717, 1.165) is 42.6 Å². The molecule has 2 aromatic carbocycles. The fourth-order valence-electron chi connectivity index (χ4n) is 5.03. The van der Waals surface area contributed by atoms with Crippen molar-refractivity contribution in [2.24, 2.45) is 0 Å². The molecule has 1 aromatic heterocycles. The first-order valence-corrected chi connectivity index (χ1v) is 12.9. The van der Waals surface area contributed by atoms with E-state index < -0.39 is 24.6 Å². The summed E-state index contributed by atoms with van der Waals surface area (Å²) in [6.45, 7) is 4.36. The van der Waals surface area contributed by atoms with Crippen LogP contribution in [-0.2, 0) is 17.6 Å². The predicted octanol–water partition coefficient (Wildman–Crippen LogP) is 1.07. The second kappa shape index (κ2) is 13.7. The number of hydrogen-bond acceptors (Lipinski definition) is 5. The van der Waals surface area contributed by atoms with Crippen molar-refractivity contribution in [3.05, 3.63) is 88.5 Å². The van der Waals surface area contributed by atoms with E-state index in [1.807, 2.05) is 0 Å². The van der Waals surface area contributed by atoms with Gasteiger partial charge < -0.3 is 20.1 Å². The molecule has 1 unspecified atom stereocenters. The van der Waals surface area contributed by atoms with E-state index in [-0.39, 0.29) is 47.7 Å². The van der Waals surface area contributed by atoms with Gasteiger partial charge in [-0.05, 0) is 73.1 Å². The Labute approximate surface area is 245 Å². The average molecular weight is 529 g/mol. The number of nitrogens with zero attached hydrogens (tertiary/aromatic N) is 2. The van der Waals surface area contributed by atoms with Crippen molar-refractivity contribution in [2.45, 2.75) is 76.4 Å². The maximum absolute atomic E-state index is 13.6. The Hall–Kier alpha value is -2.29. The van der Waals surface area contributed by atoms with Gasteiger partial charge in [-0.25, -0.2) is 9.07 Å². The van der Waals surface area contributed by atoms with E-state index in [1.54, 1.807) is 29.0 Å². The molecule has 0 radical (unpaired) electrons. The standard InChI is InChI=1S/C30H35FN2O4.Na/c1-19(2)21-8-6-20(7-9-21)16-22-4-3-5-27-28(15-14-25(34)17-26(35)18-29(36)37)33(32-30(22)27)24-12-10-23(31)11-13-24;/h6-15,19,22,25-26,34-35H,3-5,16-18H2,1-2H3,(H,36,37);/q;+1/p-1/b15-14+;/t22?,25-,26-;/m1./s1. The van der Waals surface area contributed by atoms with Crippen LogP contribution in [0.15, 0.2) is 54.6 Å². The summed E-state index contributed by atoms with van der Waals surface area (Å²) in [6.07, 6.45) is 4.14. The minimum absolute atomic E-state index is 0. The number of aromatic nitrogens is 2. The third-order valence-corrected chi connectivity index (χ3v) is 7.01. The van der Waals surface area contributed by atoms with Crippen molar-refractivity contribution in [3.63, 3.8) is 0 Å². The fraction of sp³-hybridized carbons (Fsp3) is 0.400. The van der Waals surface area contributed by atoms with Crippen LogP contribution in [0, 0.1) is 5.82 Å². The normalized spacial score (nSPS) is 16.7. The van der Waals surface area contributed by atoms with Gasteiger partial charge in [0.05, 0.1) is 29.3 Å². The molecule has 0 aliphatic heterocycles. The second-order valence-electron chi connectivity index (χ2n) is 10.2. The minimum Gasteiger partial charge on any atom is -0.550 e. The maximum atomic E-state index is 13.6. The number of carbonyl (C=O) groups excluding carboxylic acids is 1. The number of fused-ring (bicyclic) bond motifs is 1. The van der Waals surface area contributed by atoms with Crippen LogP contribution in [0.2, 0.25) is 0 Å². The van der Waals surface area contributed by atoms with E-state index in [9.17, 15) is 24.5 Å². The molecule has 1 aliphatic rings. The summed E-state index contributed by atoms with van der Waals surface area (Å²) < 4.78 is 15.4. The van der Waals surface area contributed by atoms with Crippen LogP contribution in [0.3, 0.4) is 0 Å². The van der Waals surface area contributed by atoms with Crippen LogP contribution in [0.1, 0.15) is 79.4 Å². The van der Waals surface area contributed by atoms with Crippen LogP contribution >= 0.6 is 0 Å². The monoisotopic (exact) mass is 528 g/mol. The molecule has 196 valence electrons. The Kier molecular flexibility index (Phi) is 10.9. The molecule has 4 rings (SSSR count). The van der Waals surface area contributed by atoms with Crippen LogP contribution in [0.4, 0.5) is 4.39 Å². The van der Waals surface area contributed by atoms with Gasteiger partial charge in [0.2, 0.25) is 0 Å². The van der Waals surface area contributed by atoms with Crippen molar-refractivity contribution in [2.75, 3.05) is 0 Å². The number of carbonyl (C=O) groups is 1. The van der Waals surface area contributed by atoms with Crippen molar-refractivity contribution < 1.29 is 54.1 Å². The molecule has 8 heteroatoms. The zero-order valence-corrected chi connectivity index (χ0v) is 24.3. The maximum Gasteiger partial charge on any atom is 1.00 e. The molecular formula is C30H34FN2NaO4. The first kappa shape index (κ1) is 30.3. The number of carboxylic acids is 1. The molecule has 0 saturated heterocycles. The first-order valence-electron chi connectivity index (χ1n) is 12.9. The summed E-state index contributed by atoms with van der Waals surface area (Å²) in [6, 6.07) is 14.9. The molecule has 1 heterocycles. The average Bonchev–Trinajstić information content (AvgIpc) is 3.22. The number of hydrogen-bond donors (Lipinski definition) is 2. The third kappa shape index (κ3) is 7.64. The number of carboxylic acid groups (broad SMARTS) is 1. The number of halogens is 1. The van der Waals surface area contributed by atoms with Crippen molar-refractivity contribution in [1.29, 1.82) is 0 Å². The Balaban J connectivity index is 0.00000400. The molecule has 0 saturated carbocycles. The number of aliphatic carboxylic acids is 1. The van der Waals surface area contributed by atoms with E-state index in [2.05, 4.69) is 38.1 Å². The van der Waals surface area contributed by atoms with Gasteiger partial charge in [-0.3, -0.25) is 0 Å². The molecule has 0 spiro atoms. The van der Waals surface area contributed by atoms with Crippen LogP contribution in [0.25, 0.3) is 11.8 Å². The third-order valence-electron chi connectivity index (χ3n) is 7.01. The molecule has 2 N–H and O–H groups in total. The smallest absolute Gasteiger partial charge is 0.550 e. The Bertz CT molecular complexity index is 1240. The summed E-state index contributed by atoms with van der Waals surface area (Å²) >= 11 is 0. The van der Waals surface area contributed by atoms with Gasteiger partial charge in [0.1, 0.15) is 5.82 Å². The molecular weight excluding hydrogens is 494 g/mol. The number of aliphatic hydroxyl groups is 2. The van der Waals surface area contributed by atoms with Gasteiger partial charge in [-0.1, -0.05) is 44.2 Å². The molecule has 0 amide bonds. The SMILES string of the molecule is CC(C)c1ccc(CC2CCCc3c2nn(-c2ccc(F)cc2)c3/C=C/[C@@H](O)C[C@@H](O)CC(=O)[O-])cc1.[Na+]. The van der Waals surface area contributed by atoms with Gasteiger partial charge >= 0.3 is 29.6 Å². The summed E-state index contributed by atoms with van der Waals surface area (Å²) in [7, 11) is 0. The van der Waals surface area contributed by atoms with Crippen molar-refractivity contribution in [1.82, 2.24) is 9.78 Å². The quantitative estimate of drug-likeness (QED) is 0.384. The van der Waals surface area contributed by atoms with Gasteiger partial charge in [0.15, 0.2) is 0 Å². The molecule has 3 aromatic rings. The van der Waals surface area contributed by atoms with Crippen molar-refractivity contribution in [3.8, 4) is 5.69 Å². The van der Waals surface area contributed by atoms with E-state index in [1.165, 1.54) is 23.3 Å². The fourth-order valence-corrected chi connectivity index (χ4v) is 5.03. The second-order valence-corrected chi connectivity index (χ2v) is 10.2. The largest absolute Gasteiger partial charge is 1.00 e. The Morgan fingerprint density at radius 2 is 1.84 bits per heavy atom. The zero-order valence-electron chi connectivity index (χ0n) is 22.3. The zero-order chi connectivity index (χ0) is 26.5. The number of rotatable bonds is 10. The topological polar surface area (TPSA) is 98.4 Å². The van der Waals surface area contributed by atoms with Crippen molar-refractivity contribution >= 4 is 12.0 Å². The van der Waals surface area contributed by atoms with Gasteiger partial charge in [0, 0.05) is 30.3 Å². The molecule has 3 atom stereocenters. The summed E-state index contributed by atoms with van der Waals surface area (Å²) in [5.41, 5.74) is 6.18. The van der Waals surface area contributed by atoms with Gasteiger partial charge in [-0.2, -0.15) is 5.10 Å². The first-order chi connectivity index (χ1) is 17.7. The summed E-state index contributed by atoms with van der Waals surface area (Å²) in [4.78, 5) is 10.7.